The van der Waals surface area contributed by atoms with Gasteiger partial charge in [0.2, 0.25) is 0 Å². The molecule has 3 atom stereocenters. The van der Waals surface area contributed by atoms with Crippen LogP contribution in [-0.4, -0.2) is 21.8 Å². The summed E-state index contributed by atoms with van der Waals surface area (Å²) in [5.74, 6) is 0. The van der Waals surface area contributed by atoms with Crippen LogP contribution in [0.2, 0.25) is 0 Å². The first-order valence-corrected chi connectivity index (χ1v) is 5.80. The standard InChI is InChI=1S/C9H10N2O5S/c10-8-5-15-17(14)16-9(8)6-1-3-7(4-2-6)11(12)13/h1-4,8-9H,5,10H2/t8-,9-,17-/m0/s1. The van der Waals surface area contributed by atoms with Crippen LogP contribution in [0.25, 0.3) is 0 Å². The zero-order valence-corrected chi connectivity index (χ0v) is 9.46. The lowest BCUT2D eigenvalue weighted by Gasteiger charge is -2.27. The van der Waals surface area contributed by atoms with E-state index in [1.54, 1.807) is 0 Å². The summed E-state index contributed by atoms with van der Waals surface area (Å²) in [5.41, 5.74) is 6.37. The molecule has 1 aliphatic rings. The minimum Gasteiger partial charge on any atom is -0.323 e. The average molecular weight is 258 g/mol. The lowest BCUT2D eigenvalue weighted by molar-refractivity contribution is -0.384. The van der Waals surface area contributed by atoms with Gasteiger partial charge in [0, 0.05) is 12.1 Å². The second kappa shape index (κ2) is 4.88. The summed E-state index contributed by atoms with van der Waals surface area (Å²) in [7, 11) is 0. The minimum absolute atomic E-state index is 0.0181. The Morgan fingerprint density at radius 3 is 2.65 bits per heavy atom. The topological polar surface area (TPSA) is 105 Å². The van der Waals surface area contributed by atoms with Gasteiger partial charge in [-0.3, -0.25) is 18.5 Å². The van der Waals surface area contributed by atoms with Crippen LogP contribution in [-0.2, 0) is 19.7 Å². The zero-order valence-electron chi connectivity index (χ0n) is 8.65. The highest BCUT2D eigenvalue weighted by Crippen LogP contribution is 2.27. The summed E-state index contributed by atoms with van der Waals surface area (Å²) in [5, 5.41) is 10.5. The number of hydrogen-bond donors (Lipinski definition) is 1. The van der Waals surface area contributed by atoms with Gasteiger partial charge in [0.05, 0.1) is 17.6 Å². The summed E-state index contributed by atoms with van der Waals surface area (Å²) in [6.07, 6.45) is -0.578. The lowest BCUT2D eigenvalue weighted by atomic mass is 10.0. The Kier molecular flexibility index (Phi) is 3.48. The largest absolute Gasteiger partial charge is 0.323 e. The second-order valence-corrected chi connectivity index (χ2v) is 4.35. The molecule has 0 saturated carbocycles. The maximum absolute atomic E-state index is 11.1. The van der Waals surface area contributed by atoms with E-state index < -0.39 is 28.4 Å². The molecule has 1 aliphatic heterocycles. The van der Waals surface area contributed by atoms with Gasteiger partial charge in [-0.1, -0.05) is 0 Å². The Bertz CT molecular complexity index is 449. The van der Waals surface area contributed by atoms with Crippen molar-refractivity contribution in [3.8, 4) is 0 Å². The van der Waals surface area contributed by atoms with E-state index in [4.69, 9.17) is 14.1 Å². The number of non-ortho nitro benzene ring substituents is 1. The Morgan fingerprint density at radius 1 is 1.41 bits per heavy atom. The highest BCUT2D eigenvalue weighted by molar-refractivity contribution is 7.75. The van der Waals surface area contributed by atoms with E-state index >= 15 is 0 Å². The van der Waals surface area contributed by atoms with Gasteiger partial charge in [-0.25, -0.2) is 0 Å². The normalized spacial score (nSPS) is 28.9. The van der Waals surface area contributed by atoms with Gasteiger partial charge in [0.15, 0.2) is 0 Å². The molecular formula is C9H10N2O5S. The molecule has 0 unspecified atom stereocenters. The maximum atomic E-state index is 11.1. The molecule has 1 aromatic rings. The van der Waals surface area contributed by atoms with Crippen molar-refractivity contribution in [2.75, 3.05) is 6.61 Å². The molecule has 0 bridgehead atoms. The van der Waals surface area contributed by atoms with Crippen LogP contribution in [0.5, 0.6) is 0 Å². The molecule has 1 heterocycles. The Balaban J connectivity index is 2.21. The summed E-state index contributed by atoms with van der Waals surface area (Å²) in [6, 6.07) is 5.32. The van der Waals surface area contributed by atoms with Crippen molar-refractivity contribution >= 4 is 17.0 Å². The van der Waals surface area contributed by atoms with Crippen molar-refractivity contribution in [2.24, 2.45) is 5.73 Å². The zero-order chi connectivity index (χ0) is 12.4. The van der Waals surface area contributed by atoms with E-state index in [9.17, 15) is 14.3 Å². The fraction of sp³-hybridized carbons (Fsp3) is 0.333. The SMILES string of the molecule is N[C@H]1CO[S@](=O)O[C@H]1c1ccc([N+](=O)[O-])cc1. The van der Waals surface area contributed by atoms with Crippen molar-refractivity contribution in [1.29, 1.82) is 0 Å². The number of nitro groups is 1. The number of rotatable bonds is 2. The summed E-state index contributed by atoms with van der Waals surface area (Å²) in [4.78, 5) is 9.99. The van der Waals surface area contributed by atoms with Crippen LogP contribution in [0.1, 0.15) is 11.7 Å². The smallest absolute Gasteiger partial charge is 0.305 e. The Morgan fingerprint density at radius 2 is 2.06 bits per heavy atom. The predicted molar refractivity (Wildman–Crippen MR) is 59.0 cm³/mol. The van der Waals surface area contributed by atoms with E-state index in [-0.39, 0.29) is 12.3 Å². The molecular weight excluding hydrogens is 248 g/mol. The summed E-state index contributed by atoms with van der Waals surface area (Å²) < 4.78 is 20.8. The van der Waals surface area contributed by atoms with Gasteiger partial charge in [0.25, 0.3) is 5.69 Å². The van der Waals surface area contributed by atoms with Crippen LogP contribution in [0.15, 0.2) is 24.3 Å². The predicted octanol–water partition coefficient (Wildman–Crippen LogP) is 0.589. The number of nitro benzene ring substituents is 1. The number of benzene rings is 1. The molecule has 2 rings (SSSR count). The lowest BCUT2D eigenvalue weighted by Crippen LogP contribution is -2.39. The van der Waals surface area contributed by atoms with Crippen molar-refractivity contribution in [3.05, 3.63) is 39.9 Å². The van der Waals surface area contributed by atoms with Crippen molar-refractivity contribution in [1.82, 2.24) is 0 Å². The van der Waals surface area contributed by atoms with E-state index in [1.165, 1.54) is 24.3 Å². The Hall–Kier alpha value is -1.35. The maximum Gasteiger partial charge on any atom is 0.305 e. The van der Waals surface area contributed by atoms with Crippen LogP contribution in [0.4, 0.5) is 5.69 Å². The molecule has 0 aliphatic carbocycles. The van der Waals surface area contributed by atoms with E-state index in [0.29, 0.717) is 5.56 Å². The average Bonchev–Trinajstić information content (AvgIpc) is 2.32. The fourth-order valence-corrected chi connectivity index (χ4v) is 2.24. The number of hydrogen-bond acceptors (Lipinski definition) is 6. The number of nitrogens with two attached hydrogens (primary N) is 1. The molecule has 0 spiro atoms. The minimum atomic E-state index is -1.82. The van der Waals surface area contributed by atoms with E-state index in [0.717, 1.165) is 0 Å². The second-order valence-electron chi connectivity index (χ2n) is 3.52. The first kappa shape index (κ1) is 12.1. The first-order chi connectivity index (χ1) is 8.08. The van der Waals surface area contributed by atoms with Crippen molar-refractivity contribution < 1.29 is 17.5 Å². The van der Waals surface area contributed by atoms with Gasteiger partial charge in [-0.15, -0.1) is 0 Å². The number of nitrogens with zero attached hydrogens (tertiary/aromatic N) is 1. The molecule has 92 valence electrons. The van der Waals surface area contributed by atoms with Gasteiger partial charge in [-0.05, 0) is 17.7 Å². The molecule has 2 N–H and O–H groups in total. The van der Waals surface area contributed by atoms with Gasteiger partial charge in [-0.2, -0.15) is 4.21 Å². The van der Waals surface area contributed by atoms with Crippen LogP contribution < -0.4 is 5.73 Å². The van der Waals surface area contributed by atoms with Crippen LogP contribution in [0, 0.1) is 10.1 Å². The van der Waals surface area contributed by atoms with E-state index in [1.807, 2.05) is 0 Å². The van der Waals surface area contributed by atoms with Crippen LogP contribution in [0.3, 0.4) is 0 Å². The van der Waals surface area contributed by atoms with E-state index in [2.05, 4.69) is 0 Å². The van der Waals surface area contributed by atoms with Gasteiger partial charge in [0.1, 0.15) is 6.10 Å². The van der Waals surface area contributed by atoms with Gasteiger partial charge < -0.3 is 5.73 Å². The molecule has 7 nitrogen and oxygen atoms in total. The monoisotopic (exact) mass is 258 g/mol. The fourth-order valence-electron chi connectivity index (χ4n) is 1.49. The third-order valence-electron chi connectivity index (χ3n) is 2.36. The van der Waals surface area contributed by atoms with Crippen molar-refractivity contribution in [3.63, 3.8) is 0 Å². The molecule has 0 amide bonds. The van der Waals surface area contributed by atoms with Gasteiger partial charge >= 0.3 is 11.4 Å². The quantitative estimate of drug-likeness (QED) is 0.614. The Labute approximate surface area is 99.5 Å². The third-order valence-corrected chi connectivity index (χ3v) is 3.05. The molecule has 17 heavy (non-hydrogen) atoms. The van der Waals surface area contributed by atoms with Crippen LogP contribution >= 0.6 is 0 Å². The van der Waals surface area contributed by atoms with Crippen molar-refractivity contribution in [2.45, 2.75) is 12.1 Å². The summed E-state index contributed by atoms with van der Waals surface area (Å²) >= 11 is -1.82. The molecule has 1 aromatic carbocycles. The third kappa shape index (κ3) is 2.67. The highest BCUT2D eigenvalue weighted by Gasteiger charge is 2.29. The highest BCUT2D eigenvalue weighted by atomic mass is 32.2. The molecule has 1 fully saturated rings. The molecule has 8 heteroatoms. The molecule has 0 aromatic heterocycles. The first-order valence-electron chi connectivity index (χ1n) is 4.80. The molecule has 0 radical (unpaired) electrons. The summed E-state index contributed by atoms with van der Waals surface area (Å²) in [6.45, 7) is 0.119. The molecule has 1 saturated heterocycles.